The van der Waals surface area contributed by atoms with Crippen molar-refractivity contribution in [3.63, 3.8) is 0 Å². The second-order valence-electron chi connectivity index (χ2n) is 3.74. The highest BCUT2D eigenvalue weighted by molar-refractivity contribution is 6.01. The predicted octanol–water partition coefficient (Wildman–Crippen LogP) is 0.515. The number of aromatic nitrogens is 3. The zero-order chi connectivity index (χ0) is 10.8. The van der Waals surface area contributed by atoms with Crippen LogP contribution in [-0.4, -0.2) is 26.3 Å². The highest BCUT2D eigenvalue weighted by Gasteiger charge is 2.30. The van der Waals surface area contributed by atoms with Gasteiger partial charge in [-0.25, -0.2) is 4.68 Å². The molecule has 0 radical (unpaired) electrons. The van der Waals surface area contributed by atoms with Gasteiger partial charge in [0.2, 0.25) is 5.78 Å². The molecule has 2 N–H and O–H groups in total. The van der Waals surface area contributed by atoms with Gasteiger partial charge in [-0.1, -0.05) is 18.6 Å². The second-order valence-corrected chi connectivity index (χ2v) is 3.74. The minimum atomic E-state index is -0.815. The molecule has 0 aliphatic rings. The summed E-state index contributed by atoms with van der Waals surface area (Å²) in [7, 11) is 1.68. The van der Waals surface area contributed by atoms with Crippen molar-refractivity contribution in [2.75, 3.05) is 0 Å². The minimum absolute atomic E-state index is 0.105. The molecule has 0 aliphatic heterocycles. The van der Waals surface area contributed by atoms with Gasteiger partial charge in [0.25, 0.3) is 0 Å². The maximum atomic E-state index is 11.9. The third-order valence-electron chi connectivity index (χ3n) is 2.24. The number of Topliss-reactive ketones (excluding diaryl/α,β-unsaturated/α-hetero) is 1. The fourth-order valence-corrected chi connectivity index (χ4v) is 1.42. The van der Waals surface area contributed by atoms with E-state index in [0.29, 0.717) is 12.1 Å². The summed E-state index contributed by atoms with van der Waals surface area (Å²) in [4.78, 5) is 11.9. The molecular formula is C9H16N4O. The summed E-state index contributed by atoms with van der Waals surface area (Å²) in [6, 6.07) is 0. The van der Waals surface area contributed by atoms with Gasteiger partial charge < -0.3 is 5.73 Å². The Labute approximate surface area is 83.3 Å². The molecule has 1 heterocycles. The number of nitrogens with two attached hydrogens (primary N) is 1. The van der Waals surface area contributed by atoms with Crippen molar-refractivity contribution in [2.24, 2.45) is 12.8 Å². The van der Waals surface area contributed by atoms with Crippen LogP contribution in [0.1, 0.15) is 37.2 Å². The van der Waals surface area contributed by atoms with Crippen LogP contribution >= 0.6 is 0 Å². The van der Waals surface area contributed by atoms with Gasteiger partial charge in [-0.05, 0) is 13.3 Å². The number of rotatable bonds is 4. The molecule has 0 aliphatic carbocycles. The van der Waals surface area contributed by atoms with Gasteiger partial charge >= 0.3 is 0 Å². The molecule has 78 valence electrons. The van der Waals surface area contributed by atoms with E-state index < -0.39 is 5.54 Å². The summed E-state index contributed by atoms with van der Waals surface area (Å²) in [5.41, 5.74) is 5.56. The predicted molar refractivity (Wildman–Crippen MR) is 52.8 cm³/mol. The number of carbonyl (C=O) groups is 1. The minimum Gasteiger partial charge on any atom is -0.319 e. The molecule has 1 aromatic heterocycles. The highest BCUT2D eigenvalue weighted by Crippen LogP contribution is 2.14. The van der Waals surface area contributed by atoms with Gasteiger partial charge in [0.1, 0.15) is 5.69 Å². The molecule has 0 aromatic carbocycles. The lowest BCUT2D eigenvalue weighted by molar-refractivity contribution is 0.0883. The van der Waals surface area contributed by atoms with Crippen LogP contribution in [0.4, 0.5) is 0 Å². The van der Waals surface area contributed by atoms with E-state index >= 15 is 0 Å². The lowest BCUT2D eigenvalue weighted by atomic mass is 9.91. The summed E-state index contributed by atoms with van der Waals surface area (Å²) in [5.74, 6) is -0.105. The van der Waals surface area contributed by atoms with E-state index in [1.54, 1.807) is 14.0 Å². The molecule has 14 heavy (non-hydrogen) atoms. The Bertz CT molecular complexity index is 329. The summed E-state index contributed by atoms with van der Waals surface area (Å²) in [6.45, 7) is 3.74. The number of hydrogen-bond acceptors (Lipinski definition) is 4. The number of aryl methyl sites for hydroxylation is 1. The molecule has 1 atom stereocenters. The van der Waals surface area contributed by atoms with Crippen molar-refractivity contribution in [2.45, 2.75) is 32.2 Å². The lowest BCUT2D eigenvalue weighted by Gasteiger charge is -2.21. The summed E-state index contributed by atoms with van der Waals surface area (Å²) in [6.07, 6.45) is 2.99. The van der Waals surface area contributed by atoms with Gasteiger partial charge in [-0.3, -0.25) is 4.79 Å². The first-order valence-electron chi connectivity index (χ1n) is 4.67. The Morgan fingerprint density at radius 1 is 1.71 bits per heavy atom. The molecule has 0 amide bonds. The zero-order valence-corrected chi connectivity index (χ0v) is 8.82. The molecule has 0 saturated carbocycles. The average Bonchev–Trinajstić information content (AvgIpc) is 2.50. The summed E-state index contributed by atoms with van der Waals surface area (Å²) >= 11 is 0. The molecule has 0 fully saturated rings. The fraction of sp³-hybridized carbons (Fsp3) is 0.667. The summed E-state index contributed by atoms with van der Waals surface area (Å²) < 4.78 is 1.45. The second kappa shape index (κ2) is 3.88. The third-order valence-corrected chi connectivity index (χ3v) is 2.24. The van der Waals surface area contributed by atoms with E-state index in [1.807, 2.05) is 6.92 Å². The van der Waals surface area contributed by atoms with Crippen molar-refractivity contribution in [1.29, 1.82) is 0 Å². The molecule has 0 bridgehead atoms. The number of carbonyl (C=O) groups excluding carboxylic acids is 1. The molecule has 1 unspecified atom stereocenters. The topological polar surface area (TPSA) is 73.8 Å². The molecule has 1 aromatic rings. The van der Waals surface area contributed by atoms with Gasteiger partial charge in [-0.2, -0.15) is 0 Å². The van der Waals surface area contributed by atoms with Crippen LogP contribution < -0.4 is 5.73 Å². The van der Waals surface area contributed by atoms with Gasteiger partial charge in [-0.15, -0.1) is 5.10 Å². The zero-order valence-electron chi connectivity index (χ0n) is 8.82. The van der Waals surface area contributed by atoms with Crippen molar-refractivity contribution in [3.8, 4) is 0 Å². The molecular weight excluding hydrogens is 180 g/mol. The standard InChI is InChI=1S/C9H16N4O/c1-4-5-9(2,10)8(14)7-6-11-12-13(7)3/h6H,4-5,10H2,1-3H3. The van der Waals surface area contributed by atoms with Crippen LogP contribution in [-0.2, 0) is 7.05 Å². The Kier molecular flexibility index (Phi) is 3.00. The van der Waals surface area contributed by atoms with Crippen molar-refractivity contribution >= 4 is 5.78 Å². The SMILES string of the molecule is CCCC(C)(N)C(=O)c1cnnn1C. The number of nitrogens with zero attached hydrogens (tertiary/aromatic N) is 3. The Morgan fingerprint density at radius 2 is 2.36 bits per heavy atom. The first-order valence-corrected chi connectivity index (χ1v) is 4.67. The van der Waals surface area contributed by atoms with Gasteiger partial charge in [0.05, 0.1) is 11.7 Å². The maximum Gasteiger partial charge on any atom is 0.201 e. The van der Waals surface area contributed by atoms with E-state index in [2.05, 4.69) is 10.3 Å². The van der Waals surface area contributed by atoms with Crippen LogP contribution in [0.3, 0.4) is 0 Å². The van der Waals surface area contributed by atoms with Crippen LogP contribution in [0.5, 0.6) is 0 Å². The van der Waals surface area contributed by atoms with E-state index in [9.17, 15) is 4.79 Å². The van der Waals surface area contributed by atoms with Crippen molar-refractivity contribution in [1.82, 2.24) is 15.0 Å². The molecule has 5 nitrogen and oxygen atoms in total. The first kappa shape index (κ1) is 10.8. The quantitative estimate of drug-likeness (QED) is 0.712. The van der Waals surface area contributed by atoms with Crippen molar-refractivity contribution in [3.05, 3.63) is 11.9 Å². The van der Waals surface area contributed by atoms with Gasteiger partial charge in [0, 0.05) is 7.05 Å². The Balaban J connectivity index is 2.90. The highest BCUT2D eigenvalue weighted by atomic mass is 16.1. The maximum absolute atomic E-state index is 11.9. The molecule has 1 rings (SSSR count). The lowest BCUT2D eigenvalue weighted by Crippen LogP contribution is -2.45. The van der Waals surface area contributed by atoms with E-state index in [1.165, 1.54) is 10.9 Å². The monoisotopic (exact) mass is 196 g/mol. The average molecular weight is 196 g/mol. The van der Waals surface area contributed by atoms with Crippen LogP contribution in [0.15, 0.2) is 6.20 Å². The number of hydrogen-bond donors (Lipinski definition) is 1. The fourth-order valence-electron chi connectivity index (χ4n) is 1.42. The van der Waals surface area contributed by atoms with E-state index in [-0.39, 0.29) is 5.78 Å². The third kappa shape index (κ3) is 1.98. The van der Waals surface area contributed by atoms with Crippen LogP contribution in [0.25, 0.3) is 0 Å². The van der Waals surface area contributed by atoms with E-state index in [4.69, 9.17) is 5.73 Å². The normalized spacial score (nSPS) is 15.1. The molecule has 0 saturated heterocycles. The Morgan fingerprint density at radius 3 is 2.79 bits per heavy atom. The Hall–Kier alpha value is -1.23. The van der Waals surface area contributed by atoms with Crippen LogP contribution in [0, 0.1) is 0 Å². The summed E-state index contributed by atoms with van der Waals surface area (Å²) in [5, 5.41) is 7.35. The smallest absolute Gasteiger partial charge is 0.201 e. The van der Waals surface area contributed by atoms with Crippen molar-refractivity contribution < 1.29 is 4.79 Å². The first-order chi connectivity index (χ1) is 6.49. The van der Waals surface area contributed by atoms with Crippen LogP contribution in [0.2, 0.25) is 0 Å². The largest absolute Gasteiger partial charge is 0.319 e. The number of ketones is 1. The van der Waals surface area contributed by atoms with Gasteiger partial charge in [0.15, 0.2) is 0 Å². The van der Waals surface area contributed by atoms with E-state index in [0.717, 1.165) is 6.42 Å². The molecule has 0 spiro atoms. The molecule has 5 heteroatoms.